The number of carbonyl (C=O) groups is 1. The number of aromatic nitrogens is 1. The van der Waals surface area contributed by atoms with Gasteiger partial charge in [0.15, 0.2) is 5.82 Å². The number of hydrogen-bond acceptors (Lipinski definition) is 6. The molecule has 194 valence electrons. The number of amides is 1. The number of rotatable bonds is 9. The largest absolute Gasteiger partial charge is 0.396 e. The van der Waals surface area contributed by atoms with E-state index >= 15 is 0 Å². The van der Waals surface area contributed by atoms with Crippen molar-refractivity contribution in [3.05, 3.63) is 47.8 Å². The van der Waals surface area contributed by atoms with E-state index in [2.05, 4.69) is 36.0 Å². The maximum absolute atomic E-state index is 12.3. The van der Waals surface area contributed by atoms with Gasteiger partial charge in [0.1, 0.15) is 0 Å². The van der Waals surface area contributed by atoms with E-state index in [1.165, 1.54) is 54.3 Å². The van der Waals surface area contributed by atoms with Crippen LogP contribution in [0.3, 0.4) is 0 Å². The molecular formula is C29H41N5O2. The minimum Gasteiger partial charge on any atom is -0.396 e. The summed E-state index contributed by atoms with van der Waals surface area (Å²) in [6.07, 6.45) is 10.3. The number of ether oxygens (including phenoxy) is 1. The SMILES string of the molecule is C=CC(=O)N1CCC=C(c2c(C3CC3)nc(N3CCN(C(=C)CCOC)[C@H](C4CC4)C3)c(N)c2C)C1. The summed E-state index contributed by atoms with van der Waals surface area (Å²) in [5.41, 5.74) is 13.4. The van der Waals surface area contributed by atoms with Crippen LogP contribution in [0, 0.1) is 12.8 Å². The number of hydrogen-bond donors (Lipinski definition) is 1. The second-order valence-electron chi connectivity index (χ2n) is 10.8. The van der Waals surface area contributed by atoms with Crippen molar-refractivity contribution in [2.45, 2.75) is 57.4 Å². The molecular weight excluding hydrogens is 450 g/mol. The molecule has 2 aliphatic carbocycles. The first-order valence-electron chi connectivity index (χ1n) is 13.5. The maximum Gasteiger partial charge on any atom is 0.246 e. The molecule has 36 heavy (non-hydrogen) atoms. The third-order valence-corrected chi connectivity index (χ3v) is 8.31. The highest BCUT2D eigenvalue weighted by Crippen LogP contribution is 2.47. The fraction of sp³-hybridized carbons (Fsp3) is 0.586. The molecule has 0 spiro atoms. The van der Waals surface area contributed by atoms with Crippen LogP contribution < -0.4 is 10.6 Å². The summed E-state index contributed by atoms with van der Waals surface area (Å²) in [4.78, 5) is 24.4. The summed E-state index contributed by atoms with van der Waals surface area (Å²) in [7, 11) is 1.75. The summed E-state index contributed by atoms with van der Waals surface area (Å²) in [6.45, 7) is 15.0. The maximum atomic E-state index is 12.3. The van der Waals surface area contributed by atoms with Crippen LogP contribution in [0.4, 0.5) is 11.5 Å². The van der Waals surface area contributed by atoms with Crippen molar-refractivity contribution in [1.82, 2.24) is 14.8 Å². The Labute approximate surface area is 215 Å². The van der Waals surface area contributed by atoms with Gasteiger partial charge in [0.05, 0.1) is 18.0 Å². The number of nitrogens with zero attached hydrogens (tertiary/aromatic N) is 4. The van der Waals surface area contributed by atoms with Gasteiger partial charge in [-0.25, -0.2) is 4.98 Å². The smallest absolute Gasteiger partial charge is 0.246 e. The summed E-state index contributed by atoms with van der Waals surface area (Å²) in [6, 6.07) is 0.452. The Kier molecular flexibility index (Phi) is 7.11. The number of anilines is 2. The van der Waals surface area contributed by atoms with Crippen molar-refractivity contribution in [1.29, 1.82) is 0 Å². The lowest BCUT2D eigenvalue weighted by Gasteiger charge is -2.45. The molecule has 1 atom stereocenters. The van der Waals surface area contributed by atoms with Crippen LogP contribution in [0.15, 0.2) is 31.0 Å². The van der Waals surface area contributed by atoms with E-state index in [1.807, 2.05) is 4.90 Å². The molecule has 2 saturated carbocycles. The predicted molar refractivity (Wildman–Crippen MR) is 146 cm³/mol. The standard InChI is InChI=1S/C29H41N5O2/c1-5-25(35)32-13-6-7-23(17-32)26-20(3)27(30)29(31-28(26)22-10-11-22)33-14-15-34(19(2)12-16-36-4)24(18-33)21-8-9-21/h5,7,21-22,24H,1-2,6,8-18,30H2,3-4H3/t24-/m0/s1. The summed E-state index contributed by atoms with van der Waals surface area (Å²) in [5, 5.41) is 0. The number of carbonyl (C=O) groups excluding carboxylic acids is 1. The molecule has 0 bridgehead atoms. The zero-order valence-electron chi connectivity index (χ0n) is 22.0. The molecule has 2 aliphatic heterocycles. The molecule has 0 aromatic carbocycles. The fourth-order valence-electron chi connectivity index (χ4n) is 5.91. The van der Waals surface area contributed by atoms with Gasteiger partial charge in [-0.05, 0) is 62.2 Å². The number of piperazine rings is 1. The summed E-state index contributed by atoms with van der Waals surface area (Å²) >= 11 is 0. The van der Waals surface area contributed by atoms with E-state index in [-0.39, 0.29) is 5.91 Å². The van der Waals surface area contributed by atoms with E-state index in [4.69, 9.17) is 15.5 Å². The van der Waals surface area contributed by atoms with E-state index in [0.717, 1.165) is 62.0 Å². The lowest BCUT2D eigenvalue weighted by atomic mass is 9.92. The van der Waals surface area contributed by atoms with Gasteiger partial charge in [0, 0.05) is 69.5 Å². The van der Waals surface area contributed by atoms with Gasteiger partial charge >= 0.3 is 0 Å². The molecule has 1 aromatic heterocycles. The molecule has 0 radical (unpaired) electrons. The van der Waals surface area contributed by atoms with E-state index in [1.54, 1.807) is 7.11 Å². The highest BCUT2D eigenvalue weighted by atomic mass is 16.5. The molecule has 1 amide bonds. The molecule has 7 nitrogen and oxygen atoms in total. The van der Waals surface area contributed by atoms with Crippen LogP contribution >= 0.6 is 0 Å². The average Bonchev–Trinajstić information content (AvgIpc) is 3.81. The van der Waals surface area contributed by atoms with Crippen molar-refractivity contribution >= 4 is 23.0 Å². The molecule has 3 fully saturated rings. The molecule has 5 rings (SSSR count). The Hall–Kier alpha value is -2.80. The number of methoxy groups -OCH3 is 1. The minimum atomic E-state index is -0.0140. The van der Waals surface area contributed by atoms with Crippen molar-refractivity contribution < 1.29 is 9.53 Å². The van der Waals surface area contributed by atoms with Gasteiger partial charge in [0.2, 0.25) is 5.91 Å². The highest BCUT2D eigenvalue weighted by molar-refractivity contribution is 5.90. The third-order valence-electron chi connectivity index (χ3n) is 8.31. The van der Waals surface area contributed by atoms with Gasteiger partial charge in [0.25, 0.3) is 0 Å². The first-order chi connectivity index (χ1) is 17.4. The van der Waals surface area contributed by atoms with Crippen LogP contribution in [0.1, 0.15) is 61.3 Å². The molecule has 0 unspecified atom stereocenters. The van der Waals surface area contributed by atoms with E-state index in [9.17, 15) is 4.79 Å². The van der Waals surface area contributed by atoms with Crippen molar-refractivity contribution in [3.8, 4) is 0 Å². The summed E-state index contributed by atoms with van der Waals surface area (Å²) < 4.78 is 5.31. The van der Waals surface area contributed by atoms with Gasteiger partial charge in [-0.2, -0.15) is 0 Å². The van der Waals surface area contributed by atoms with Crippen LogP contribution in [-0.2, 0) is 9.53 Å². The number of nitrogen functional groups attached to an aromatic ring is 1. The first-order valence-corrected chi connectivity index (χ1v) is 13.5. The lowest BCUT2D eigenvalue weighted by molar-refractivity contribution is -0.125. The Morgan fingerprint density at radius 1 is 1.25 bits per heavy atom. The lowest BCUT2D eigenvalue weighted by Crippen LogP contribution is -2.54. The Morgan fingerprint density at radius 3 is 2.69 bits per heavy atom. The predicted octanol–water partition coefficient (Wildman–Crippen LogP) is 4.10. The zero-order chi connectivity index (χ0) is 25.4. The third kappa shape index (κ3) is 4.90. The Bertz CT molecular complexity index is 1070. The zero-order valence-corrected chi connectivity index (χ0v) is 22.0. The van der Waals surface area contributed by atoms with Gasteiger partial charge in [-0.15, -0.1) is 0 Å². The average molecular weight is 492 g/mol. The van der Waals surface area contributed by atoms with Crippen molar-refractivity contribution in [2.75, 3.05) is 57.1 Å². The topological polar surface area (TPSA) is 74.9 Å². The van der Waals surface area contributed by atoms with Gasteiger partial charge in [-0.3, -0.25) is 4.79 Å². The molecule has 1 aromatic rings. The Morgan fingerprint density at radius 2 is 2.03 bits per heavy atom. The van der Waals surface area contributed by atoms with E-state index < -0.39 is 0 Å². The van der Waals surface area contributed by atoms with Crippen molar-refractivity contribution in [3.63, 3.8) is 0 Å². The van der Waals surface area contributed by atoms with Gasteiger partial charge < -0.3 is 25.2 Å². The number of pyridine rings is 1. The fourth-order valence-corrected chi connectivity index (χ4v) is 5.91. The molecule has 2 N–H and O–H groups in total. The molecule has 7 heteroatoms. The monoisotopic (exact) mass is 491 g/mol. The molecule has 1 saturated heterocycles. The summed E-state index contributed by atoms with van der Waals surface area (Å²) in [5.74, 6) is 2.14. The Balaban J connectivity index is 1.43. The molecule has 4 aliphatic rings. The normalized spacial score (nSPS) is 22.4. The highest BCUT2D eigenvalue weighted by Gasteiger charge is 2.41. The van der Waals surface area contributed by atoms with E-state index in [0.29, 0.717) is 25.1 Å². The van der Waals surface area contributed by atoms with Crippen LogP contribution in [0.25, 0.3) is 5.57 Å². The minimum absolute atomic E-state index is 0.0140. The van der Waals surface area contributed by atoms with Gasteiger partial charge in [-0.1, -0.05) is 19.2 Å². The first kappa shape index (κ1) is 24.9. The quantitative estimate of drug-likeness (QED) is 0.524. The second kappa shape index (κ2) is 10.3. The molecule has 3 heterocycles. The number of nitrogens with two attached hydrogens (primary N) is 1. The second-order valence-corrected chi connectivity index (χ2v) is 10.8. The van der Waals surface area contributed by atoms with Crippen LogP contribution in [0.2, 0.25) is 0 Å². The van der Waals surface area contributed by atoms with Crippen molar-refractivity contribution in [2.24, 2.45) is 5.92 Å². The van der Waals surface area contributed by atoms with Crippen LogP contribution in [-0.4, -0.2) is 73.2 Å². The van der Waals surface area contributed by atoms with Crippen LogP contribution in [0.5, 0.6) is 0 Å².